The number of amides is 1. The maximum atomic E-state index is 12.5. The minimum Gasteiger partial charge on any atom is -0.508 e. The van der Waals surface area contributed by atoms with Crippen molar-refractivity contribution in [3.8, 4) is 11.5 Å². The molecule has 2 aromatic carbocycles. The first-order valence-corrected chi connectivity index (χ1v) is 7.88. The Morgan fingerprint density at radius 1 is 1.19 bits per heavy atom. The summed E-state index contributed by atoms with van der Waals surface area (Å²) in [6.07, 6.45) is -4.86. The molecular formula is C18H15F3N2O4. The van der Waals surface area contributed by atoms with Crippen LogP contribution in [-0.2, 0) is 4.79 Å². The maximum absolute atomic E-state index is 12.5. The number of phenols is 1. The predicted molar refractivity (Wildman–Crippen MR) is 91.8 cm³/mol. The van der Waals surface area contributed by atoms with E-state index in [1.165, 1.54) is 18.2 Å². The fraction of sp³-hybridized carbons (Fsp3) is 0.167. The van der Waals surface area contributed by atoms with Gasteiger partial charge in [-0.05, 0) is 30.3 Å². The number of carbonyl (C=O) groups is 1. The van der Waals surface area contributed by atoms with Gasteiger partial charge in [-0.3, -0.25) is 4.79 Å². The lowest BCUT2D eigenvalue weighted by atomic mass is 10.00. The Morgan fingerprint density at radius 3 is 2.63 bits per heavy atom. The van der Waals surface area contributed by atoms with Crippen molar-refractivity contribution in [3.05, 3.63) is 53.6 Å². The van der Waals surface area contributed by atoms with Crippen molar-refractivity contribution < 1.29 is 32.9 Å². The van der Waals surface area contributed by atoms with Gasteiger partial charge in [0.15, 0.2) is 0 Å². The molecule has 0 saturated heterocycles. The molecule has 1 amide bonds. The van der Waals surface area contributed by atoms with Gasteiger partial charge in [-0.15, -0.1) is 13.2 Å². The van der Waals surface area contributed by atoms with E-state index in [0.717, 1.165) is 12.1 Å². The molecule has 1 aliphatic heterocycles. The van der Waals surface area contributed by atoms with E-state index in [1.807, 2.05) is 0 Å². The summed E-state index contributed by atoms with van der Waals surface area (Å²) >= 11 is 0. The molecule has 0 saturated carbocycles. The molecule has 0 aliphatic carbocycles. The van der Waals surface area contributed by atoms with Crippen molar-refractivity contribution in [2.24, 2.45) is 0 Å². The molecule has 4 N–H and O–H groups in total. The van der Waals surface area contributed by atoms with Crippen LogP contribution in [0, 0.1) is 0 Å². The molecule has 142 valence electrons. The zero-order valence-corrected chi connectivity index (χ0v) is 13.8. The van der Waals surface area contributed by atoms with E-state index in [4.69, 9.17) is 5.11 Å². The van der Waals surface area contributed by atoms with Crippen molar-refractivity contribution in [3.63, 3.8) is 0 Å². The highest BCUT2D eigenvalue weighted by Crippen LogP contribution is 2.39. The molecule has 0 bridgehead atoms. The number of halogens is 3. The van der Waals surface area contributed by atoms with Gasteiger partial charge in [-0.1, -0.05) is 12.1 Å². The molecule has 0 aromatic heterocycles. The lowest BCUT2D eigenvalue weighted by Gasteiger charge is -2.14. The quantitative estimate of drug-likeness (QED) is 0.599. The summed E-state index contributed by atoms with van der Waals surface area (Å²) in [5.41, 5.74) is 1.32. The fourth-order valence-corrected chi connectivity index (χ4v) is 2.77. The van der Waals surface area contributed by atoms with E-state index in [1.54, 1.807) is 12.1 Å². The number of anilines is 1. The van der Waals surface area contributed by atoms with Gasteiger partial charge >= 0.3 is 6.36 Å². The van der Waals surface area contributed by atoms with Gasteiger partial charge in [0.05, 0.1) is 17.9 Å². The smallest absolute Gasteiger partial charge is 0.508 e. The first kappa shape index (κ1) is 18.6. The van der Waals surface area contributed by atoms with Crippen molar-refractivity contribution >= 4 is 22.9 Å². The molecule has 0 spiro atoms. The van der Waals surface area contributed by atoms with Gasteiger partial charge in [0, 0.05) is 23.4 Å². The van der Waals surface area contributed by atoms with Gasteiger partial charge in [-0.2, -0.15) is 0 Å². The molecular weight excluding hydrogens is 365 g/mol. The van der Waals surface area contributed by atoms with Gasteiger partial charge in [0.1, 0.15) is 11.5 Å². The van der Waals surface area contributed by atoms with Crippen molar-refractivity contribution in [2.75, 3.05) is 18.5 Å². The molecule has 0 radical (unpaired) electrons. The summed E-state index contributed by atoms with van der Waals surface area (Å²) in [4.78, 5) is 12.5. The molecule has 9 heteroatoms. The first-order valence-electron chi connectivity index (χ1n) is 7.88. The highest BCUT2D eigenvalue weighted by molar-refractivity contribution is 6.36. The van der Waals surface area contributed by atoms with Crippen LogP contribution in [0.1, 0.15) is 11.1 Å². The number of ether oxygens (including phenoxy) is 1. The Labute approximate surface area is 151 Å². The summed E-state index contributed by atoms with van der Waals surface area (Å²) in [5, 5.41) is 24.3. The average Bonchev–Trinajstić information content (AvgIpc) is 2.90. The fourth-order valence-electron chi connectivity index (χ4n) is 2.77. The van der Waals surface area contributed by atoms with Crippen LogP contribution in [0.25, 0.3) is 11.3 Å². The van der Waals surface area contributed by atoms with Gasteiger partial charge in [0.2, 0.25) is 0 Å². The number of hydrogen-bond acceptors (Lipinski definition) is 5. The van der Waals surface area contributed by atoms with Crippen molar-refractivity contribution in [1.82, 2.24) is 5.32 Å². The number of fused-ring (bicyclic) bond motifs is 1. The third kappa shape index (κ3) is 4.14. The van der Waals surface area contributed by atoms with Crippen molar-refractivity contribution in [2.45, 2.75) is 6.36 Å². The Bertz CT molecular complexity index is 910. The standard InChI is InChI=1S/C18H15F3N2O4/c19-18(20,21)27-12-4-5-14-13(9-12)15(17(26)23-14)16(22-6-7-24)10-2-1-3-11(25)8-10/h1-5,8-9,22,24-25H,6-7H2,(H,23,26)/b16-15-. The van der Waals surface area contributed by atoms with Crippen LogP contribution in [0.4, 0.5) is 18.9 Å². The maximum Gasteiger partial charge on any atom is 0.573 e. The minimum atomic E-state index is -4.86. The van der Waals surface area contributed by atoms with Crippen LogP contribution in [0.2, 0.25) is 0 Å². The van der Waals surface area contributed by atoms with E-state index in [-0.39, 0.29) is 35.7 Å². The molecule has 0 unspecified atom stereocenters. The van der Waals surface area contributed by atoms with E-state index in [2.05, 4.69) is 15.4 Å². The van der Waals surface area contributed by atoms with E-state index in [9.17, 15) is 23.1 Å². The number of phenolic OH excluding ortho intramolecular Hbond substituents is 1. The van der Waals surface area contributed by atoms with E-state index in [0.29, 0.717) is 11.3 Å². The normalized spacial score (nSPS) is 15.2. The van der Waals surface area contributed by atoms with E-state index >= 15 is 0 Å². The summed E-state index contributed by atoms with van der Waals surface area (Å²) in [6.45, 7) is -0.142. The van der Waals surface area contributed by atoms with Gasteiger partial charge in [-0.25, -0.2) is 0 Å². The molecule has 3 rings (SSSR count). The number of aromatic hydroxyl groups is 1. The molecule has 27 heavy (non-hydrogen) atoms. The van der Waals surface area contributed by atoms with E-state index < -0.39 is 18.0 Å². The Balaban J connectivity index is 2.15. The number of rotatable bonds is 5. The zero-order valence-electron chi connectivity index (χ0n) is 13.8. The topological polar surface area (TPSA) is 90.8 Å². The average molecular weight is 380 g/mol. The number of aliphatic hydroxyl groups is 1. The van der Waals surface area contributed by atoms with Crippen LogP contribution in [0.3, 0.4) is 0 Å². The van der Waals surface area contributed by atoms with Crippen LogP contribution in [0.15, 0.2) is 42.5 Å². The molecule has 0 fully saturated rings. The van der Waals surface area contributed by atoms with Gasteiger partial charge in [0.25, 0.3) is 5.91 Å². The zero-order chi connectivity index (χ0) is 19.6. The van der Waals surface area contributed by atoms with Crippen LogP contribution in [-0.4, -0.2) is 35.6 Å². The Kier molecular flexibility index (Phi) is 4.95. The number of alkyl halides is 3. The second-order valence-electron chi connectivity index (χ2n) is 5.66. The predicted octanol–water partition coefficient (Wildman–Crippen LogP) is 2.69. The van der Waals surface area contributed by atoms with Crippen molar-refractivity contribution in [1.29, 1.82) is 0 Å². The SMILES string of the molecule is O=C1Nc2ccc(OC(F)(F)F)cc2/C1=C(/NCCO)c1cccc(O)c1. The number of benzene rings is 2. The summed E-state index contributed by atoms with van der Waals surface area (Å²) < 4.78 is 41.5. The largest absolute Gasteiger partial charge is 0.573 e. The number of nitrogens with one attached hydrogen (secondary N) is 2. The number of hydrogen-bond donors (Lipinski definition) is 4. The molecule has 1 heterocycles. The summed E-state index contributed by atoms with van der Waals surface area (Å²) in [7, 11) is 0. The van der Waals surface area contributed by atoms with Gasteiger partial charge < -0.3 is 25.6 Å². The highest BCUT2D eigenvalue weighted by Gasteiger charge is 2.33. The Morgan fingerprint density at radius 2 is 1.96 bits per heavy atom. The molecule has 1 aliphatic rings. The van der Waals surface area contributed by atoms with Crippen LogP contribution >= 0.6 is 0 Å². The lowest BCUT2D eigenvalue weighted by Crippen LogP contribution is -2.20. The Hall–Kier alpha value is -3.20. The summed E-state index contributed by atoms with van der Waals surface area (Å²) in [6, 6.07) is 9.54. The second-order valence-corrected chi connectivity index (χ2v) is 5.66. The molecule has 2 aromatic rings. The highest BCUT2D eigenvalue weighted by atomic mass is 19.4. The first-order chi connectivity index (χ1) is 12.8. The monoisotopic (exact) mass is 380 g/mol. The minimum absolute atomic E-state index is 0.0517. The third-order valence-corrected chi connectivity index (χ3v) is 3.77. The lowest BCUT2D eigenvalue weighted by molar-refractivity contribution is -0.274. The van der Waals surface area contributed by atoms with Crippen LogP contribution in [0.5, 0.6) is 11.5 Å². The van der Waals surface area contributed by atoms with Crippen LogP contribution < -0.4 is 15.4 Å². The second kappa shape index (κ2) is 7.20. The number of carbonyl (C=O) groups excluding carboxylic acids is 1. The molecule has 0 atom stereocenters. The number of aliphatic hydroxyl groups excluding tert-OH is 1. The third-order valence-electron chi connectivity index (χ3n) is 3.77. The summed E-state index contributed by atoms with van der Waals surface area (Å²) in [5.74, 6) is -1.05. The molecule has 6 nitrogen and oxygen atoms in total.